The molecule has 0 radical (unpaired) electrons. The first kappa shape index (κ1) is 85.3. The maximum atomic E-state index is 13.2. The molecule has 0 saturated carbocycles. The fourth-order valence-corrected chi connectivity index (χ4v) is 11.3. The largest absolute Gasteiger partial charge is 0.394 e. The lowest BCUT2D eigenvalue weighted by atomic mass is 9.99. The zero-order valence-corrected chi connectivity index (χ0v) is 58.6. The van der Waals surface area contributed by atoms with Crippen molar-refractivity contribution in [1.82, 2.24) is 5.32 Å². The van der Waals surface area contributed by atoms with Crippen molar-refractivity contribution >= 4 is 5.91 Å². The van der Waals surface area contributed by atoms with Gasteiger partial charge in [0.1, 0.15) is 24.4 Å². The highest BCUT2D eigenvalue weighted by Crippen LogP contribution is 2.23. The molecule has 522 valence electrons. The van der Waals surface area contributed by atoms with Gasteiger partial charge >= 0.3 is 0 Å². The van der Waals surface area contributed by atoms with Gasteiger partial charge in [0, 0.05) is 6.42 Å². The molecule has 9 nitrogen and oxygen atoms in total. The number of aliphatic hydroxyl groups excluding tert-OH is 5. The Kier molecular flexibility index (Phi) is 64.9. The minimum atomic E-state index is -1.58. The van der Waals surface area contributed by atoms with Gasteiger partial charge in [-0.25, -0.2) is 0 Å². The molecule has 1 heterocycles. The third kappa shape index (κ3) is 57.5. The highest BCUT2D eigenvalue weighted by molar-refractivity contribution is 5.76. The minimum absolute atomic E-state index is 0.195. The smallest absolute Gasteiger partial charge is 0.220 e. The maximum Gasteiger partial charge on any atom is 0.220 e. The molecule has 1 rings (SSSR count). The van der Waals surface area contributed by atoms with Crippen LogP contribution in [0.15, 0.2) is 134 Å². The summed E-state index contributed by atoms with van der Waals surface area (Å²) in [4.78, 5) is 13.2. The Morgan fingerprint density at radius 1 is 0.385 bits per heavy atom. The number of nitrogens with one attached hydrogen (secondary N) is 1. The molecule has 0 aromatic rings. The highest BCUT2D eigenvalue weighted by atomic mass is 16.7. The van der Waals surface area contributed by atoms with Gasteiger partial charge < -0.3 is 40.3 Å². The summed E-state index contributed by atoms with van der Waals surface area (Å²) in [7, 11) is 0. The van der Waals surface area contributed by atoms with Crippen LogP contribution in [-0.2, 0) is 14.3 Å². The lowest BCUT2D eigenvalue weighted by Crippen LogP contribution is -2.60. The summed E-state index contributed by atoms with van der Waals surface area (Å²) in [6, 6.07) is -0.837. The SMILES string of the molecule is CC/C=C\C/C=C\C/C=C\C/C=C\C/C=C\C/C=C\C/C=C\C/C=C\C/C=C\CCCCCCCCCCCC(=O)NC(COC1OC(CO)C(O)C(O)C1O)C(O)/C=C/CC/C=C/CCCCCCCCCCCCCCCCCCCCCCCCCCC. The van der Waals surface area contributed by atoms with Crippen molar-refractivity contribution in [3.05, 3.63) is 134 Å². The van der Waals surface area contributed by atoms with Crippen LogP contribution in [0, 0.1) is 0 Å². The van der Waals surface area contributed by atoms with E-state index in [1.165, 1.54) is 193 Å². The van der Waals surface area contributed by atoms with Crippen LogP contribution in [0.5, 0.6) is 0 Å². The summed E-state index contributed by atoms with van der Waals surface area (Å²) < 4.78 is 11.3. The van der Waals surface area contributed by atoms with Crippen LogP contribution in [-0.4, -0.2) is 87.5 Å². The molecule has 0 aromatic carbocycles. The monoisotopic (exact) mass is 1270 g/mol. The summed E-state index contributed by atoms with van der Waals surface area (Å²) in [5.41, 5.74) is 0. The van der Waals surface area contributed by atoms with Crippen LogP contribution >= 0.6 is 0 Å². The van der Waals surface area contributed by atoms with Gasteiger partial charge in [-0.2, -0.15) is 0 Å². The fraction of sp³-hybridized carbons (Fsp3) is 0.720. The van der Waals surface area contributed by atoms with Crippen molar-refractivity contribution in [2.24, 2.45) is 0 Å². The zero-order valence-electron chi connectivity index (χ0n) is 58.6. The Labute approximate surface area is 560 Å². The number of hydrogen-bond donors (Lipinski definition) is 6. The van der Waals surface area contributed by atoms with Gasteiger partial charge in [0.05, 0.1) is 25.4 Å². The summed E-state index contributed by atoms with van der Waals surface area (Å²) in [6.45, 7) is 3.67. The number of allylic oxidation sites excluding steroid dienone is 21. The Balaban J connectivity index is 2.16. The summed E-state index contributed by atoms with van der Waals surface area (Å²) in [5.74, 6) is -0.195. The van der Waals surface area contributed by atoms with Crippen LogP contribution in [0.4, 0.5) is 0 Å². The summed E-state index contributed by atoms with van der Waals surface area (Å²) in [5, 5.41) is 54.8. The van der Waals surface area contributed by atoms with E-state index >= 15 is 0 Å². The average Bonchev–Trinajstić information content (AvgIpc) is 1.70. The van der Waals surface area contributed by atoms with E-state index in [2.05, 4.69) is 141 Å². The molecule has 7 atom stereocenters. The molecule has 0 spiro atoms. The average molecular weight is 1270 g/mol. The van der Waals surface area contributed by atoms with Crippen molar-refractivity contribution in [3.8, 4) is 0 Å². The van der Waals surface area contributed by atoms with Gasteiger partial charge in [-0.05, 0) is 103 Å². The van der Waals surface area contributed by atoms with Gasteiger partial charge in [0.2, 0.25) is 5.91 Å². The van der Waals surface area contributed by atoms with Gasteiger partial charge in [-0.15, -0.1) is 0 Å². The first-order valence-corrected chi connectivity index (χ1v) is 37.9. The number of hydrogen-bond acceptors (Lipinski definition) is 8. The number of ether oxygens (including phenoxy) is 2. The number of carbonyl (C=O) groups is 1. The van der Waals surface area contributed by atoms with Crippen molar-refractivity contribution in [3.63, 3.8) is 0 Å². The molecule has 1 fully saturated rings. The zero-order chi connectivity index (χ0) is 65.7. The summed E-state index contributed by atoms with van der Waals surface area (Å²) >= 11 is 0. The van der Waals surface area contributed by atoms with E-state index in [0.717, 1.165) is 109 Å². The van der Waals surface area contributed by atoms with E-state index < -0.39 is 49.5 Å². The quantitative estimate of drug-likeness (QED) is 0.0261. The number of aliphatic hydroxyl groups is 5. The van der Waals surface area contributed by atoms with Crippen molar-refractivity contribution in [1.29, 1.82) is 0 Å². The van der Waals surface area contributed by atoms with Crippen LogP contribution in [0.25, 0.3) is 0 Å². The molecule has 1 amide bonds. The molecule has 1 aliphatic rings. The maximum absolute atomic E-state index is 13.2. The topological polar surface area (TPSA) is 149 Å². The second kappa shape index (κ2) is 69.2. The predicted octanol–water partition coefficient (Wildman–Crippen LogP) is 21.5. The fourth-order valence-electron chi connectivity index (χ4n) is 11.3. The third-order valence-electron chi connectivity index (χ3n) is 17.2. The molecule has 91 heavy (non-hydrogen) atoms. The van der Waals surface area contributed by atoms with Crippen LogP contribution in [0.1, 0.15) is 322 Å². The number of unbranched alkanes of at least 4 members (excludes halogenated alkanes) is 35. The number of rotatable bonds is 65. The van der Waals surface area contributed by atoms with Crippen molar-refractivity contribution < 1.29 is 39.8 Å². The van der Waals surface area contributed by atoms with E-state index in [4.69, 9.17) is 9.47 Å². The molecule has 1 aliphatic heterocycles. The van der Waals surface area contributed by atoms with Gasteiger partial charge in [0.25, 0.3) is 0 Å². The summed E-state index contributed by atoms with van der Waals surface area (Å²) in [6.07, 6.45) is 98.6. The van der Waals surface area contributed by atoms with Gasteiger partial charge in [0.15, 0.2) is 6.29 Å². The lowest BCUT2D eigenvalue weighted by Gasteiger charge is -2.40. The van der Waals surface area contributed by atoms with Crippen LogP contribution in [0.3, 0.4) is 0 Å². The Bertz CT molecular complexity index is 1910. The van der Waals surface area contributed by atoms with Crippen LogP contribution < -0.4 is 5.32 Å². The Morgan fingerprint density at radius 3 is 1.05 bits per heavy atom. The minimum Gasteiger partial charge on any atom is -0.394 e. The first-order chi connectivity index (χ1) is 44.8. The highest BCUT2D eigenvalue weighted by Gasteiger charge is 2.44. The van der Waals surface area contributed by atoms with Gasteiger partial charge in [-0.1, -0.05) is 347 Å². The Morgan fingerprint density at radius 2 is 0.692 bits per heavy atom. The molecule has 9 heteroatoms. The van der Waals surface area contributed by atoms with E-state index in [-0.39, 0.29) is 12.5 Å². The molecule has 0 bridgehead atoms. The molecule has 0 aromatic heterocycles. The second-order valence-electron chi connectivity index (χ2n) is 25.7. The molecular formula is C82H141NO8. The molecule has 0 aliphatic carbocycles. The van der Waals surface area contributed by atoms with Crippen molar-refractivity contribution in [2.75, 3.05) is 13.2 Å². The normalized spacial score (nSPS) is 18.5. The molecular weight excluding hydrogens is 1130 g/mol. The van der Waals surface area contributed by atoms with Crippen molar-refractivity contribution in [2.45, 2.75) is 365 Å². The first-order valence-electron chi connectivity index (χ1n) is 37.9. The second-order valence-corrected chi connectivity index (χ2v) is 25.7. The number of amides is 1. The lowest BCUT2D eigenvalue weighted by molar-refractivity contribution is -0.302. The molecule has 6 N–H and O–H groups in total. The third-order valence-corrected chi connectivity index (χ3v) is 17.2. The predicted molar refractivity (Wildman–Crippen MR) is 391 cm³/mol. The van der Waals surface area contributed by atoms with E-state index in [1.807, 2.05) is 6.08 Å². The number of carbonyl (C=O) groups excluding carboxylic acids is 1. The van der Waals surface area contributed by atoms with Crippen LogP contribution in [0.2, 0.25) is 0 Å². The van der Waals surface area contributed by atoms with E-state index in [0.29, 0.717) is 6.42 Å². The Hall–Kier alpha value is -3.67. The molecule has 1 saturated heterocycles. The standard InChI is InChI=1S/C82H141NO8/c1-3-5-7-9-11-13-15-17-19-21-23-25-27-29-31-33-35-36-37-38-39-40-42-44-46-48-50-52-54-56-58-60-62-64-66-68-70-72-78(86)83-75(74-90-82-81(89)80(88)79(87)77(73-84)91-82)76(85)71-69-67-65-63-61-59-57-55-53-51-49-47-45-43-41-34-32-30-28-26-24-22-20-18-16-14-12-10-8-6-4-2/h5,7,11,13,17,19,23,25,29,31,35-36,38-39,42,44,48,50,61,63,69,71,75-77,79-82,84-85,87-89H,3-4,6,8-10,12,14-16,18,20-22,24,26-28,30,32-34,37,40-41,43,45-47,49,51-60,62,64-68,70,72-74H2,1-2H3,(H,83,86)/b7-5-,13-11-,19-17-,25-23-,31-29-,36-35-,39-38-,44-42-,50-48-,63-61+,71-69+. The molecule has 7 unspecified atom stereocenters. The van der Waals surface area contributed by atoms with Gasteiger partial charge in [-0.3, -0.25) is 4.79 Å². The van der Waals surface area contributed by atoms with E-state index in [9.17, 15) is 30.3 Å². The van der Waals surface area contributed by atoms with E-state index in [1.54, 1.807) is 6.08 Å².